The maximum atomic E-state index is 13.0. The van der Waals surface area contributed by atoms with Crippen LogP contribution in [0.4, 0.5) is 4.39 Å². The SMILES string of the molecule is CC(C)[C@H]1NC(=O)[C@H]2CN(C(=O)c3ccc(F)cc3)CCN2C1=O. The summed E-state index contributed by atoms with van der Waals surface area (Å²) in [4.78, 5) is 40.5. The van der Waals surface area contributed by atoms with Crippen molar-refractivity contribution in [1.29, 1.82) is 0 Å². The molecule has 1 aromatic rings. The van der Waals surface area contributed by atoms with Gasteiger partial charge in [0, 0.05) is 18.7 Å². The lowest BCUT2D eigenvalue weighted by molar-refractivity contribution is -0.153. The molecule has 0 aliphatic carbocycles. The number of nitrogens with zero attached hydrogens (tertiary/aromatic N) is 2. The van der Waals surface area contributed by atoms with Crippen LogP contribution in [0.15, 0.2) is 24.3 Å². The summed E-state index contributed by atoms with van der Waals surface area (Å²) in [6.45, 7) is 4.61. The molecule has 2 saturated heterocycles. The van der Waals surface area contributed by atoms with E-state index in [2.05, 4.69) is 5.32 Å². The van der Waals surface area contributed by atoms with E-state index in [1.807, 2.05) is 13.8 Å². The molecule has 0 aromatic heterocycles. The van der Waals surface area contributed by atoms with Gasteiger partial charge in [0.15, 0.2) is 0 Å². The topological polar surface area (TPSA) is 69.7 Å². The van der Waals surface area contributed by atoms with Crippen LogP contribution in [0, 0.1) is 11.7 Å². The molecule has 0 radical (unpaired) electrons. The monoisotopic (exact) mass is 333 g/mol. The number of nitrogens with one attached hydrogen (secondary N) is 1. The zero-order valence-electron chi connectivity index (χ0n) is 13.7. The van der Waals surface area contributed by atoms with Crippen molar-refractivity contribution >= 4 is 17.7 Å². The van der Waals surface area contributed by atoms with Crippen LogP contribution in [0.2, 0.25) is 0 Å². The maximum absolute atomic E-state index is 13.0. The van der Waals surface area contributed by atoms with E-state index in [4.69, 9.17) is 0 Å². The van der Waals surface area contributed by atoms with E-state index in [1.54, 1.807) is 4.90 Å². The van der Waals surface area contributed by atoms with Crippen molar-refractivity contribution in [1.82, 2.24) is 15.1 Å². The molecule has 1 N–H and O–H groups in total. The highest BCUT2D eigenvalue weighted by Gasteiger charge is 2.45. The van der Waals surface area contributed by atoms with Crippen LogP contribution in [-0.4, -0.2) is 59.2 Å². The van der Waals surface area contributed by atoms with Crippen LogP contribution in [0.5, 0.6) is 0 Å². The Hall–Kier alpha value is -2.44. The minimum atomic E-state index is -0.661. The van der Waals surface area contributed by atoms with Crippen LogP contribution in [0.25, 0.3) is 0 Å². The molecule has 24 heavy (non-hydrogen) atoms. The highest BCUT2D eigenvalue weighted by atomic mass is 19.1. The molecule has 6 nitrogen and oxygen atoms in total. The van der Waals surface area contributed by atoms with Gasteiger partial charge in [-0.05, 0) is 30.2 Å². The van der Waals surface area contributed by atoms with Crippen molar-refractivity contribution in [2.45, 2.75) is 25.9 Å². The molecule has 128 valence electrons. The van der Waals surface area contributed by atoms with Crippen molar-refractivity contribution in [3.8, 4) is 0 Å². The van der Waals surface area contributed by atoms with Crippen LogP contribution in [-0.2, 0) is 9.59 Å². The Balaban J connectivity index is 1.75. The first kappa shape index (κ1) is 16.4. The van der Waals surface area contributed by atoms with E-state index in [9.17, 15) is 18.8 Å². The number of hydrogen-bond acceptors (Lipinski definition) is 3. The molecule has 7 heteroatoms. The molecule has 2 atom stereocenters. The van der Waals surface area contributed by atoms with E-state index >= 15 is 0 Å². The van der Waals surface area contributed by atoms with Gasteiger partial charge in [-0.15, -0.1) is 0 Å². The quantitative estimate of drug-likeness (QED) is 0.863. The molecule has 2 aliphatic rings. The molecule has 1 aromatic carbocycles. The molecule has 0 spiro atoms. The number of halogens is 1. The van der Waals surface area contributed by atoms with E-state index in [0.29, 0.717) is 18.7 Å². The predicted octanol–water partition coefficient (Wildman–Crippen LogP) is 0.633. The summed E-state index contributed by atoms with van der Waals surface area (Å²) in [5, 5.41) is 2.75. The molecular formula is C17H20FN3O3. The second kappa shape index (κ2) is 6.22. The standard InChI is InChI=1S/C17H20FN3O3/c1-10(2)14-17(24)21-8-7-20(9-13(21)15(22)19-14)16(23)11-3-5-12(18)6-4-11/h3-6,10,13-14H,7-9H2,1-2H3,(H,19,22)/t13-,14-/m1/s1. The first-order valence-corrected chi connectivity index (χ1v) is 8.04. The predicted molar refractivity (Wildman–Crippen MR) is 84.6 cm³/mol. The number of piperazine rings is 2. The molecule has 0 saturated carbocycles. The summed E-state index contributed by atoms with van der Waals surface area (Å²) in [7, 11) is 0. The first-order valence-electron chi connectivity index (χ1n) is 8.04. The minimum absolute atomic E-state index is 0.0151. The molecule has 2 aliphatic heterocycles. The summed E-state index contributed by atoms with van der Waals surface area (Å²) >= 11 is 0. The molecular weight excluding hydrogens is 313 g/mol. The van der Waals surface area contributed by atoms with Gasteiger partial charge in [0.05, 0.1) is 6.54 Å². The Morgan fingerprint density at radius 2 is 1.88 bits per heavy atom. The van der Waals surface area contributed by atoms with Gasteiger partial charge in [0.1, 0.15) is 17.9 Å². The Bertz CT molecular complexity index is 674. The highest BCUT2D eigenvalue weighted by molar-refractivity contribution is 5.99. The first-order chi connectivity index (χ1) is 11.4. The normalized spacial score (nSPS) is 24.0. The fourth-order valence-corrected chi connectivity index (χ4v) is 3.17. The van der Waals surface area contributed by atoms with Crippen molar-refractivity contribution in [3.05, 3.63) is 35.6 Å². The summed E-state index contributed by atoms with van der Waals surface area (Å²) in [6.07, 6.45) is 0. The third-order valence-corrected chi connectivity index (χ3v) is 4.57. The van der Waals surface area contributed by atoms with Gasteiger partial charge in [-0.25, -0.2) is 4.39 Å². The summed E-state index contributed by atoms with van der Waals surface area (Å²) in [5.74, 6) is -0.983. The Kier molecular flexibility index (Phi) is 4.26. The summed E-state index contributed by atoms with van der Waals surface area (Å²) in [6, 6.07) is 4.13. The average molecular weight is 333 g/mol. The number of amides is 3. The van der Waals surface area contributed by atoms with E-state index in [-0.39, 0.29) is 30.2 Å². The number of hydrogen-bond donors (Lipinski definition) is 1. The van der Waals surface area contributed by atoms with Gasteiger partial charge in [-0.1, -0.05) is 13.8 Å². The van der Waals surface area contributed by atoms with Crippen LogP contribution in [0.3, 0.4) is 0 Å². The fraction of sp³-hybridized carbons (Fsp3) is 0.471. The molecule has 2 heterocycles. The van der Waals surface area contributed by atoms with E-state index < -0.39 is 17.9 Å². The Morgan fingerprint density at radius 1 is 1.21 bits per heavy atom. The number of rotatable bonds is 2. The molecule has 2 fully saturated rings. The number of fused-ring (bicyclic) bond motifs is 1. The van der Waals surface area contributed by atoms with Gasteiger partial charge < -0.3 is 15.1 Å². The molecule has 0 bridgehead atoms. The van der Waals surface area contributed by atoms with Gasteiger partial charge in [-0.3, -0.25) is 14.4 Å². The lowest BCUT2D eigenvalue weighted by Gasteiger charge is -2.46. The average Bonchev–Trinajstić information content (AvgIpc) is 2.57. The van der Waals surface area contributed by atoms with Gasteiger partial charge in [0.2, 0.25) is 11.8 Å². The summed E-state index contributed by atoms with van der Waals surface area (Å²) < 4.78 is 13.0. The highest BCUT2D eigenvalue weighted by Crippen LogP contribution is 2.20. The van der Waals surface area contributed by atoms with E-state index in [1.165, 1.54) is 29.2 Å². The number of carbonyl (C=O) groups is 3. The Morgan fingerprint density at radius 3 is 2.50 bits per heavy atom. The smallest absolute Gasteiger partial charge is 0.254 e. The Labute approximate surface area is 139 Å². The lowest BCUT2D eigenvalue weighted by Crippen LogP contribution is -2.70. The van der Waals surface area contributed by atoms with Crippen LogP contribution < -0.4 is 5.32 Å². The second-order valence-corrected chi connectivity index (χ2v) is 6.54. The van der Waals surface area contributed by atoms with Gasteiger partial charge in [0.25, 0.3) is 5.91 Å². The van der Waals surface area contributed by atoms with Gasteiger partial charge >= 0.3 is 0 Å². The minimum Gasteiger partial charge on any atom is -0.342 e. The number of carbonyl (C=O) groups excluding carboxylic acids is 3. The maximum Gasteiger partial charge on any atom is 0.254 e. The summed E-state index contributed by atoms with van der Waals surface area (Å²) in [5.41, 5.74) is 0.368. The van der Waals surface area contributed by atoms with Crippen LogP contribution in [0.1, 0.15) is 24.2 Å². The third kappa shape index (κ3) is 2.86. The van der Waals surface area contributed by atoms with E-state index in [0.717, 1.165) is 0 Å². The van der Waals surface area contributed by atoms with Crippen molar-refractivity contribution in [2.75, 3.05) is 19.6 Å². The van der Waals surface area contributed by atoms with Crippen molar-refractivity contribution < 1.29 is 18.8 Å². The van der Waals surface area contributed by atoms with Crippen LogP contribution >= 0.6 is 0 Å². The second-order valence-electron chi connectivity index (χ2n) is 6.54. The molecule has 3 rings (SSSR count). The van der Waals surface area contributed by atoms with Gasteiger partial charge in [-0.2, -0.15) is 0 Å². The van der Waals surface area contributed by atoms with Crippen molar-refractivity contribution in [3.63, 3.8) is 0 Å². The molecule has 3 amide bonds. The zero-order valence-corrected chi connectivity index (χ0v) is 13.7. The zero-order chi connectivity index (χ0) is 17.4. The van der Waals surface area contributed by atoms with Crippen molar-refractivity contribution in [2.24, 2.45) is 5.92 Å². The molecule has 0 unspecified atom stereocenters. The largest absolute Gasteiger partial charge is 0.342 e. The fourth-order valence-electron chi connectivity index (χ4n) is 3.17. The lowest BCUT2D eigenvalue weighted by atomic mass is 9.96. The third-order valence-electron chi connectivity index (χ3n) is 4.57. The number of benzene rings is 1.